The van der Waals surface area contributed by atoms with E-state index in [0.29, 0.717) is 13.2 Å². The van der Waals surface area contributed by atoms with Gasteiger partial charge in [-0.3, -0.25) is 0 Å². The number of aromatic nitrogens is 3. The minimum absolute atomic E-state index is 0.467. The van der Waals surface area contributed by atoms with Crippen LogP contribution in [0.25, 0.3) is 0 Å². The fraction of sp³-hybridized carbons (Fsp3) is 0.385. The SMILES string of the molecule is CC(C)(N)c1cn(CCOc2ccc(Br)cc2)nn1. The number of benzene rings is 1. The molecule has 1 aromatic carbocycles. The lowest BCUT2D eigenvalue weighted by Crippen LogP contribution is -2.29. The summed E-state index contributed by atoms with van der Waals surface area (Å²) >= 11 is 3.38. The molecule has 0 aliphatic carbocycles. The molecule has 0 saturated carbocycles. The lowest BCUT2D eigenvalue weighted by atomic mass is 10.0. The molecule has 0 bridgehead atoms. The van der Waals surface area contributed by atoms with Crippen molar-refractivity contribution in [3.8, 4) is 5.75 Å². The third-order valence-corrected chi connectivity index (χ3v) is 3.13. The van der Waals surface area contributed by atoms with Gasteiger partial charge in [0.2, 0.25) is 0 Å². The molecule has 0 spiro atoms. The van der Waals surface area contributed by atoms with Crippen molar-refractivity contribution in [1.29, 1.82) is 0 Å². The van der Waals surface area contributed by atoms with E-state index >= 15 is 0 Å². The van der Waals surface area contributed by atoms with Crippen LogP contribution in [0.1, 0.15) is 19.5 Å². The molecule has 5 nitrogen and oxygen atoms in total. The van der Waals surface area contributed by atoms with Crippen LogP contribution in [-0.4, -0.2) is 21.6 Å². The van der Waals surface area contributed by atoms with Crippen molar-refractivity contribution in [3.63, 3.8) is 0 Å². The third kappa shape index (κ3) is 4.04. The molecule has 0 saturated heterocycles. The van der Waals surface area contributed by atoms with Gasteiger partial charge in [0.25, 0.3) is 0 Å². The maximum atomic E-state index is 5.95. The van der Waals surface area contributed by atoms with Crippen molar-refractivity contribution >= 4 is 15.9 Å². The molecule has 19 heavy (non-hydrogen) atoms. The Balaban J connectivity index is 1.86. The van der Waals surface area contributed by atoms with Crippen LogP contribution in [0.4, 0.5) is 0 Å². The van der Waals surface area contributed by atoms with E-state index in [-0.39, 0.29) is 0 Å². The summed E-state index contributed by atoms with van der Waals surface area (Å²) in [6.07, 6.45) is 1.85. The summed E-state index contributed by atoms with van der Waals surface area (Å²) in [6.45, 7) is 4.98. The van der Waals surface area contributed by atoms with E-state index in [1.54, 1.807) is 4.68 Å². The number of rotatable bonds is 5. The van der Waals surface area contributed by atoms with Crippen molar-refractivity contribution in [3.05, 3.63) is 40.6 Å². The maximum absolute atomic E-state index is 5.95. The predicted molar refractivity (Wildman–Crippen MR) is 76.9 cm³/mol. The number of nitrogens with zero attached hydrogens (tertiary/aromatic N) is 3. The Morgan fingerprint density at radius 2 is 2.00 bits per heavy atom. The van der Waals surface area contributed by atoms with Gasteiger partial charge < -0.3 is 10.5 Å². The normalized spacial score (nSPS) is 11.6. The van der Waals surface area contributed by atoms with E-state index in [4.69, 9.17) is 10.5 Å². The standard InChI is InChI=1S/C13H17BrN4O/c1-13(2,15)12-9-18(17-16-12)7-8-19-11-5-3-10(14)4-6-11/h3-6,9H,7-8,15H2,1-2H3. The highest BCUT2D eigenvalue weighted by molar-refractivity contribution is 9.10. The van der Waals surface area contributed by atoms with Crippen LogP contribution >= 0.6 is 15.9 Å². The first kappa shape index (κ1) is 14.0. The van der Waals surface area contributed by atoms with Crippen LogP contribution < -0.4 is 10.5 Å². The zero-order chi connectivity index (χ0) is 13.9. The molecule has 1 heterocycles. The smallest absolute Gasteiger partial charge is 0.119 e. The van der Waals surface area contributed by atoms with Gasteiger partial charge in [-0.25, -0.2) is 4.68 Å². The first-order valence-corrected chi connectivity index (χ1v) is 6.82. The van der Waals surface area contributed by atoms with Crippen molar-refractivity contribution in [2.75, 3.05) is 6.61 Å². The van der Waals surface area contributed by atoms with Gasteiger partial charge in [-0.15, -0.1) is 5.10 Å². The average Bonchev–Trinajstić information content (AvgIpc) is 2.80. The van der Waals surface area contributed by atoms with Gasteiger partial charge in [0.1, 0.15) is 18.1 Å². The van der Waals surface area contributed by atoms with E-state index in [9.17, 15) is 0 Å². The van der Waals surface area contributed by atoms with Crippen LogP contribution in [0, 0.1) is 0 Å². The van der Waals surface area contributed by atoms with Crippen molar-refractivity contribution in [1.82, 2.24) is 15.0 Å². The quantitative estimate of drug-likeness (QED) is 0.916. The fourth-order valence-electron chi connectivity index (χ4n) is 1.49. The van der Waals surface area contributed by atoms with Gasteiger partial charge in [0, 0.05) is 4.47 Å². The molecule has 0 amide bonds. The predicted octanol–water partition coefficient (Wildman–Crippen LogP) is 2.31. The van der Waals surface area contributed by atoms with Crippen molar-refractivity contribution in [2.24, 2.45) is 5.73 Å². The van der Waals surface area contributed by atoms with E-state index in [1.807, 2.05) is 44.3 Å². The summed E-state index contributed by atoms with van der Waals surface area (Å²) in [4.78, 5) is 0. The fourth-order valence-corrected chi connectivity index (χ4v) is 1.76. The van der Waals surface area contributed by atoms with E-state index in [0.717, 1.165) is 15.9 Å². The Bertz CT molecular complexity index is 530. The molecule has 102 valence electrons. The topological polar surface area (TPSA) is 66.0 Å². The zero-order valence-corrected chi connectivity index (χ0v) is 12.6. The van der Waals surface area contributed by atoms with Gasteiger partial charge in [0.15, 0.2) is 0 Å². The highest BCUT2D eigenvalue weighted by Crippen LogP contribution is 2.16. The van der Waals surface area contributed by atoms with Gasteiger partial charge in [-0.2, -0.15) is 0 Å². The summed E-state index contributed by atoms with van der Waals surface area (Å²) in [5, 5.41) is 8.08. The third-order valence-electron chi connectivity index (χ3n) is 2.60. The van der Waals surface area contributed by atoms with E-state index < -0.39 is 5.54 Å². The van der Waals surface area contributed by atoms with Gasteiger partial charge in [-0.05, 0) is 38.1 Å². The molecule has 1 aromatic heterocycles. The molecule has 0 atom stereocenters. The lowest BCUT2D eigenvalue weighted by Gasteiger charge is -2.13. The monoisotopic (exact) mass is 324 g/mol. The van der Waals surface area contributed by atoms with Gasteiger partial charge in [0.05, 0.1) is 18.3 Å². The second kappa shape index (κ2) is 5.71. The molecule has 0 unspecified atom stereocenters. The number of hydrogen-bond acceptors (Lipinski definition) is 4. The second-order valence-electron chi connectivity index (χ2n) is 4.89. The molecule has 2 N–H and O–H groups in total. The summed E-state index contributed by atoms with van der Waals surface area (Å²) in [5.41, 5.74) is 6.26. The van der Waals surface area contributed by atoms with Crippen molar-refractivity contribution in [2.45, 2.75) is 25.9 Å². The van der Waals surface area contributed by atoms with Crippen LogP contribution in [0.2, 0.25) is 0 Å². The van der Waals surface area contributed by atoms with Crippen molar-refractivity contribution < 1.29 is 4.74 Å². The molecule has 0 radical (unpaired) electrons. The minimum atomic E-state index is -0.467. The van der Waals surface area contributed by atoms with Crippen LogP contribution in [0.5, 0.6) is 5.75 Å². The molecular weight excluding hydrogens is 308 g/mol. The van der Waals surface area contributed by atoms with Crippen LogP contribution in [0.3, 0.4) is 0 Å². The average molecular weight is 325 g/mol. The Morgan fingerprint density at radius 3 is 2.58 bits per heavy atom. The number of nitrogens with two attached hydrogens (primary N) is 1. The Kier molecular flexibility index (Phi) is 4.21. The summed E-state index contributed by atoms with van der Waals surface area (Å²) < 4.78 is 8.39. The molecule has 0 aliphatic rings. The zero-order valence-electron chi connectivity index (χ0n) is 11.0. The van der Waals surface area contributed by atoms with Gasteiger partial charge >= 0.3 is 0 Å². The Morgan fingerprint density at radius 1 is 1.32 bits per heavy atom. The highest BCUT2D eigenvalue weighted by atomic mass is 79.9. The molecule has 2 aromatic rings. The molecule has 6 heteroatoms. The van der Waals surface area contributed by atoms with Crippen LogP contribution in [0.15, 0.2) is 34.9 Å². The number of ether oxygens (including phenoxy) is 1. The molecule has 0 fully saturated rings. The first-order valence-electron chi connectivity index (χ1n) is 6.03. The summed E-state index contributed by atoms with van der Waals surface area (Å²) in [7, 11) is 0. The lowest BCUT2D eigenvalue weighted by molar-refractivity contribution is 0.289. The number of hydrogen-bond donors (Lipinski definition) is 1. The van der Waals surface area contributed by atoms with Gasteiger partial charge in [-0.1, -0.05) is 21.1 Å². The highest BCUT2D eigenvalue weighted by Gasteiger charge is 2.18. The Labute approximate surface area is 120 Å². The first-order chi connectivity index (χ1) is 8.95. The summed E-state index contributed by atoms with van der Waals surface area (Å²) in [6, 6.07) is 7.72. The Hall–Kier alpha value is -1.40. The van der Waals surface area contributed by atoms with E-state index in [2.05, 4.69) is 26.2 Å². The van der Waals surface area contributed by atoms with E-state index in [1.165, 1.54) is 0 Å². The largest absolute Gasteiger partial charge is 0.492 e. The van der Waals surface area contributed by atoms with Crippen LogP contribution in [-0.2, 0) is 12.1 Å². The summed E-state index contributed by atoms with van der Waals surface area (Å²) in [5.74, 6) is 0.836. The molecule has 2 rings (SSSR count). The molecule has 0 aliphatic heterocycles. The molecular formula is C13H17BrN4O. The minimum Gasteiger partial charge on any atom is -0.492 e. The second-order valence-corrected chi connectivity index (χ2v) is 5.81. The number of halogens is 1. The maximum Gasteiger partial charge on any atom is 0.119 e.